The minimum Gasteiger partial charge on any atom is -0.361 e. The number of rotatable bonds is 5. The lowest BCUT2D eigenvalue weighted by molar-refractivity contribution is 0.0670. The van der Waals surface area contributed by atoms with Crippen LogP contribution in [0.2, 0.25) is 0 Å². The van der Waals surface area contributed by atoms with E-state index in [1.807, 2.05) is 35.4 Å². The van der Waals surface area contributed by atoms with Crippen LogP contribution in [0.25, 0.3) is 10.9 Å². The Morgan fingerprint density at radius 1 is 1.22 bits per heavy atom. The molecule has 1 amide bonds. The summed E-state index contributed by atoms with van der Waals surface area (Å²) < 4.78 is 0. The minimum absolute atomic E-state index is 0.169. The topological polar surface area (TPSA) is 39.3 Å². The van der Waals surface area contributed by atoms with Gasteiger partial charge in [0.1, 0.15) is 0 Å². The van der Waals surface area contributed by atoms with Crippen molar-refractivity contribution >= 4 is 16.8 Å². The van der Waals surface area contributed by atoms with Gasteiger partial charge in [-0.1, -0.05) is 19.9 Å². The number of aromatic amines is 1. The third-order valence-corrected chi connectivity index (χ3v) is 5.11. The summed E-state index contributed by atoms with van der Waals surface area (Å²) in [6.45, 7) is 9.61. The van der Waals surface area contributed by atoms with Gasteiger partial charge < -0.3 is 14.8 Å². The Labute approximate surface area is 138 Å². The zero-order chi connectivity index (χ0) is 16.2. The smallest absolute Gasteiger partial charge is 0.253 e. The van der Waals surface area contributed by atoms with Gasteiger partial charge in [0.25, 0.3) is 5.91 Å². The van der Waals surface area contributed by atoms with Crippen LogP contribution in [0.5, 0.6) is 0 Å². The molecule has 1 aromatic carbocycles. The van der Waals surface area contributed by atoms with Gasteiger partial charge in [-0.2, -0.15) is 0 Å². The van der Waals surface area contributed by atoms with Crippen molar-refractivity contribution in [1.29, 1.82) is 0 Å². The number of hydrogen-bond donors (Lipinski definition) is 1. The highest BCUT2D eigenvalue weighted by molar-refractivity contribution is 5.97. The molecule has 23 heavy (non-hydrogen) atoms. The summed E-state index contributed by atoms with van der Waals surface area (Å²) >= 11 is 0. The van der Waals surface area contributed by atoms with Crippen molar-refractivity contribution in [2.24, 2.45) is 5.92 Å². The van der Waals surface area contributed by atoms with Crippen molar-refractivity contribution in [2.45, 2.75) is 26.7 Å². The fraction of sp³-hybridized carbons (Fsp3) is 0.526. The predicted octanol–water partition coefficient (Wildman–Crippen LogP) is 3.36. The fourth-order valence-corrected chi connectivity index (χ4v) is 3.53. The molecule has 0 aliphatic carbocycles. The molecule has 1 saturated heterocycles. The van der Waals surface area contributed by atoms with Gasteiger partial charge >= 0.3 is 0 Å². The van der Waals surface area contributed by atoms with Crippen molar-refractivity contribution in [3.8, 4) is 0 Å². The monoisotopic (exact) mass is 313 g/mol. The first-order valence-corrected chi connectivity index (χ1v) is 8.80. The van der Waals surface area contributed by atoms with E-state index in [2.05, 4.69) is 23.7 Å². The zero-order valence-corrected chi connectivity index (χ0v) is 14.2. The number of benzene rings is 1. The molecular formula is C19H27N3O. The Bertz CT molecular complexity index is 651. The first-order chi connectivity index (χ1) is 11.2. The second kappa shape index (κ2) is 7.18. The van der Waals surface area contributed by atoms with E-state index in [9.17, 15) is 4.79 Å². The first kappa shape index (κ1) is 16.1. The molecule has 1 aliphatic rings. The zero-order valence-electron chi connectivity index (χ0n) is 14.2. The molecule has 1 aromatic heterocycles. The molecule has 4 heteroatoms. The maximum atomic E-state index is 12.7. The minimum atomic E-state index is 0.169. The SMILES string of the molecule is CCN(CC)CC1CCN(C(=O)c2ccc3cc[nH]c3c2)CC1. The molecule has 0 unspecified atom stereocenters. The summed E-state index contributed by atoms with van der Waals surface area (Å²) in [6, 6.07) is 7.97. The van der Waals surface area contributed by atoms with Crippen molar-refractivity contribution < 1.29 is 4.79 Å². The molecule has 0 spiro atoms. The van der Waals surface area contributed by atoms with E-state index in [-0.39, 0.29) is 5.91 Å². The van der Waals surface area contributed by atoms with Crippen molar-refractivity contribution in [2.75, 3.05) is 32.7 Å². The lowest BCUT2D eigenvalue weighted by atomic mass is 9.95. The van der Waals surface area contributed by atoms with Crippen LogP contribution in [0.1, 0.15) is 37.0 Å². The Morgan fingerprint density at radius 2 is 1.96 bits per heavy atom. The van der Waals surface area contributed by atoms with Crippen LogP contribution in [-0.2, 0) is 0 Å². The van der Waals surface area contributed by atoms with Crippen LogP contribution in [-0.4, -0.2) is 53.4 Å². The van der Waals surface area contributed by atoms with E-state index in [0.29, 0.717) is 0 Å². The average molecular weight is 313 g/mol. The van der Waals surface area contributed by atoms with Crippen molar-refractivity contribution in [1.82, 2.24) is 14.8 Å². The maximum Gasteiger partial charge on any atom is 0.253 e. The summed E-state index contributed by atoms with van der Waals surface area (Å²) in [5.41, 5.74) is 1.83. The standard InChI is InChI=1S/C19H27N3O/c1-3-21(4-2)14-15-8-11-22(12-9-15)19(23)17-6-5-16-7-10-20-18(16)13-17/h5-7,10,13,15,20H,3-4,8-9,11-12,14H2,1-2H3. The third kappa shape index (κ3) is 3.58. The number of hydrogen-bond acceptors (Lipinski definition) is 2. The number of amides is 1. The second-order valence-corrected chi connectivity index (χ2v) is 6.50. The van der Waals surface area contributed by atoms with Crippen LogP contribution >= 0.6 is 0 Å². The molecule has 4 nitrogen and oxygen atoms in total. The van der Waals surface area contributed by atoms with Gasteiger partial charge in [-0.3, -0.25) is 4.79 Å². The van der Waals surface area contributed by atoms with E-state index in [1.54, 1.807) is 0 Å². The largest absolute Gasteiger partial charge is 0.361 e. The molecule has 1 fully saturated rings. The van der Waals surface area contributed by atoms with Gasteiger partial charge in [-0.05, 0) is 55.4 Å². The molecule has 3 rings (SSSR count). The average Bonchev–Trinajstić information content (AvgIpc) is 3.07. The molecule has 1 N–H and O–H groups in total. The van der Waals surface area contributed by atoms with E-state index in [1.165, 1.54) is 6.54 Å². The quantitative estimate of drug-likeness (QED) is 0.919. The summed E-state index contributed by atoms with van der Waals surface area (Å²) in [6.07, 6.45) is 4.15. The van der Waals surface area contributed by atoms with Gasteiger partial charge in [0.15, 0.2) is 0 Å². The Kier molecular flexibility index (Phi) is 5.01. The molecule has 1 aliphatic heterocycles. The van der Waals surface area contributed by atoms with Gasteiger partial charge in [0, 0.05) is 36.9 Å². The Hall–Kier alpha value is -1.81. The van der Waals surface area contributed by atoms with Crippen LogP contribution < -0.4 is 0 Å². The van der Waals surface area contributed by atoms with Crippen LogP contribution in [0.4, 0.5) is 0 Å². The normalized spacial score (nSPS) is 16.4. The highest BCUT2D eigenvalue weighted by Crippen LogP contribution is 2.21. The number of H-pyrrole nitrogens is 1. The lowest BCUT2D eigenvalue weighted by Crippen LogP contribution is -2.41. The number of carbonyl (C=O) groups excluding carboxylic acids is 1. The van der Waals surface area contributed by atoms with Crippen molar-refractivity contribution in [3.05, 3.63) is 36.0 Å². The number of piperidine rings is 1. The predicted molar refractivity (Wildman–Crippen MR) is 94.7 cm³/mol. The van der Waals surface area contributed by atoms with Crippen LogP contribution in [0, 0.1) is 5.92 Å². The number of likely N-dealkylation sites (tertiary alicyclic amines) is 1. The second-order valence-electron chi connectivity index (χ2n) is 6.50. The van der Waals surface area contributed by atoms with E-state index < -0.39 is 0 Å². The molecular weight excluding hydrogens is 286 g/mol. The molecule has 0 atom stereocenters. The van der Waals surface area contributed by atoms with E-state index >= 15 is 0 Å². The van der Waals surface area contributed by atoms with E-state index in [0.717, 1.165) is 61.4 Å². The maximum absolute atomic E-state index is 12.7. The molecule has 2 aromatic rings. The number of aromatic nitrogens is 1. The highest BCUT2D eigenvalue weighted by Gasteiger charge is 2.24. The summed E-state index contributed by atoms with van der Waals surface area (Å²) in [4.78, 5) is 20.4. The fourth-order valence-electron chi connectivity index (χ4n) is 3.53. The Balaban J connectivity index is 1.59. The number of nitrogens with one attached hydrogen (secondary N) is 1. The van der Waals surface area contributed by atoms with Gasteiger partial charge in [0.05, 0.1) is 0 Å². The van der Waals surface area contributed by atoms with Crippen molar-refractivity contribution in [3.63, 3.8) is 0 Å². The lowest BCUT2D eigenvalue weighted by Gasteiger charge is -2.34. The molecule has 0 saturated carbocycles. The molecule has 0 radical (unpaired) electrons. The molecule has 124 valence electrons. The third-order valence-electron chi connectivity index (χ3n) is 5.11. The van der Waals surface area contributed by atoms with E-state index in [4.69, 9.17) is 0 Å². The van der Waals surface area contributed by atoms with Crippen LogP contribution in [0.3, 0.4) is 0 Å². The Morgan fingerprint density at radius 3 is 2.65 bits per heavy atom. The number of carbonyl (C=O) groups is 1. The van der Waals surface area contributed by atoms with Gasteiger partial charge in [-0.15, -0.1) is 0 Å². The molecule has 2 heterocycles. The number of nitrogens with zero attached hydrogens (tertiary/aromatic N) is 2. The van der Waals surface area contributed by atoms with Gasteiger partial charge in [0.2, 0.25) is 0 Å². The van der Waals surface area contributed by atoms with Gasteiger partial charge in [-0.25, -0.2) is 0 Å². The summed E-state index contributed by atoms with van der Waals surface area (Å²) in [7, 11) is 0. The highest BCUT2D eigenvalue weighted by atomic mass is 16.2. The molecule has 0 bridgehead atoms. The summed E-state index contributed by atoms with van der Waals surface area (Å²) in [5, 5.41) is 1.15. The van der Waals surface area contributed by atoms with Crippen LogP contribution in [0.15, 0.2) is 30.5 Å². The first-order valence-electron chi connectivity index (χ1n) is 8.80. The number of fused-ring (bicyclic) bond motifs is 1. The summed E-state index contributed by atoms with van der Waals surface area (Å²) in [5.74, 6) is 0.896.